The van der Waals surface area contributed by atoms with Crippen LogP contribution in [0.4, 0.5) is 0 Å². The highest BCUT2D eigenvalue weighted by molar-refractivity contribution is 5.94. The van der Waals surface area contributed by atoms with E-state index in [1.165, 1.54) is 0 Å². The van der Waals surface area contributed by atoms with Crippen molar-refractivity contribution in [3.8, 4) is 17.1 Å². The molecule has 2 aromatic carbocycles. The molecule has 1 atom stereocenters. The number of benzene rings is 2. The largest absolute Gasteiger partial charge is 0.479 e. The summed E-state index contributed by atoms with van der Waals surface area (Å²) in [5.41, 5.74) is 0.921. The van der Waals surface area contributed by atoms with Crippen molar-refractivity contribution in [3.63, 3.8) is 0 Å². The van der Waals surface area contributed by atoms with Gasteiger partial charge in [-0.2, -0.15) is 0 Å². The van der Waals surface area contributed by atoms with Crippen LogP contribution >= 0.6 is 0 Å². The van der Waals surface area contributed by atoms with Crippen LogP contribution in [0.15, 0.2) is 59.2 Å². The maximum atomic E-state index is 12.3. The summed E-state index contributed by atoms with van der Waals surface area (Å²) in [7, 11) is 0. The molecule has 0 spiro atoms. The second kappa shape index (κ2) is 9.26. The number of carbonyl (C=O) groups is 1. The summed E-state index contributed by atoms with van der Waals surface area (Å²) in [5, 5.41) is 2.11. The van der Waals surface area contributed by atoms with Crippen LogP contribution in [0.3, 0.4) is 0 Å². The maximum Gasteiger partial charge on any atom is 0.347 e. The van der Waals surface area contributed by atoms with Gasteiger partial charge in [-0.05, 0) is 31.9 Å². The Morgan fingerprint density at radius 2 is 1.93 bits per heavy atom. The number of ether oxygens (including phenoxy) is 2. The minimum Gasteiger partial charge on any atom is -0.479 e. The number of furan rings is 1. The van der Waals surface area contributed by atoms with E-state index in [0.717, 1.165) is 41.4 Å². The van der Waals surface area contributed by atoms with Gasteiger partial charge in [0.15, 0.2) is 6.10 Å². The molecule has 27 heavy (non-hydrogen) atoms. The number of esters is 1. The van der Waals surface area contributed by atoms with Crippen LogP contribution in [0.2, 0.25) is 0 Å². The Balaban J connectivity index is 1.81. The first-order chi connectivity index (χ1) is 13.2. The van der Waals surface area contributed by atoms with Crippen LogP contribution < -0.4 is 4.74 Å². The van der Waals surface area contributed by atoms with E-state index in [4.69, 9.17) is 13.9 Å². The van der Waals surface area contributed by atoms with Crippen molar-refractivity contribution in [2.75, 3.05) is 6.61 Å². The highest BCUT2D eigenvalue weighted by Crippen LogP contribution is 2.32. The zero-order valence-electron chi connectivity index (χ0n) is 15.9. The van der Waals surface area contributed by atoms with Crippen LogP contribution in [-0.4, -0.2) is 18.7 Å². The fraction of sp³-hybridized carbons (Fsp3) is 0.348. The van der Waals surface area contributed by atoms with Crippen LogP contribution in [0, 0.1) is 0 Å². The van der Waals surface area contributed by atoms with E-state index in [-0.39, 0.29) is 5.97 Å². The summed E-state index contributed by atoms with van der Waals surface area (Å²) in [4.78, 5) is 12.3. The molecule has 0 radical (unpaired) electrons. The smallest absolute Gasteiger partial charge is 0.347 e. The zero-order valence-corrected chi connectivity index (χ0v) is 15.9. The van der Waals surface area contributed by atoms with Gasteiger partial charge in [0.2, 0.25) is 0 Å². The lowest BCUT2D eigenvalue weighted by atomic mass is 10.1. The van der Waals surface area contributed by atoms with Crippen LogP contribution in [-0.2, 0) is 9.53 Å². The Labute approximate surface area is 160 Å². The molecule has 1 heterocycles. The summed E-state index contributed by atoms with van der Waals surface area (Å²) in [6.07, 6.45) is 4.92. The van der Waals surface area contributed by atoms with Gasteiger partial charge < -0.3 is 13.9 Å². The van der Waals surface area contributed by atoms with Crippen molar-refractivity contribution in [2.45, 2.75) is 45.6 Å². The molecule has 0 amide bonds. The molecule has 0 aliphatic rings. The number of carbonyl (C=O) groups excluding carboxylic acids is 1. The third-order valence-corrected chi connectivity index (χ3v) is 4.50. The molecule has 142 valence electrons. The van der Waals surface area contributed by atoms with Gasteiger partial charge in [-0.15, -0.1) is 0 Å². The number of hydrogen-bond donors (Lipinski definition) is 0. The predicted molar refractivity (Wildman–Crippen MR) is 107 cm³/mol. The van der Waals surface area contributed by atoms with Gasteiger partial charge in [-0.1, -0.05) is 56.2 Å². The summed E-state index contributed by atoms with van der Waals surface area (Å²) in [6.45, 7) is 4.30. The third kappa shape index (κ3) is 4.70. The van der Waals surface area contributed by atoms with Gasteiger partial charge in [0.25, 0.3) is 0 Å². The number of hydrogen-bond acceptors (Lipinski definition) is 4. The molecule has 1 aromatic heterocycles. The minimum atomic E-state index is -0.583. The molecule has 0 aliphatic heterocycles. The molecule has 4 heteroatoms. The molecule has 0 bridgehead atoms. The molecular formula is C23H26O4. The lowest BCUT2D eigenvalue weighted by Crippen LogP contribution is -2.29. The van der Waals surface area contributed by atoms with Crippen molar-refractivity contribution in [1.29, 1.82) is 0 Å². The van der Waals surface area contributed by atoms with Gasteiger partial charge in [-0.25, -0.2) is 4.79 Å². The first kappa shape index (κ1) is 19.0. The van der Waals surface area contributed by atoms with Crippen LogP contribution in [0.1, 0.15) is 39.5 Å². The van der Waals surface area contributed by atoms with E-state index >= 15 is 0 Å². The summed E-state index contributed by atoms with van der Waals surface area (Å²) >= 11 is 0. The average Bonchev–Trinajstić information content (AvgIpc) is 3.12. The fourth-order valence-electron chi connectivity index (χ4n) is 3.13. The molecule has 3 rings (SSSR count). The van der Waals surface area contributed by atoms with Crippen molar-refractivity contribution < 1.29 is 18.7 Å². The van der Waals surface area contributed by atoms with Gasteiger partial charge in [-0.3, -0.25) is 0 Å². The first-order valence-corrected chi connectivity index (χ1v) is 9.63. The number of unbranched alkanes of at least 4 members (excludes halogenated alkanes) is 2. The molecule has 0 saturated carbocycles. The van der Waals surface area contributed by atoms with E-state index in [0.29, 0.717) is 18.8 Å². The second-order valence-electron chi connectivity index (χ2n) is 6.53. The number of rotatable bonds is 9. The molecular weight excluding hydrogens is 340 g/mol. The lowest BCUT2D eigenvalue weighted by Gasteiger charge is -2.18. The molecule has 0 saturated heterocycles. The summed E-state index contributed by atoms with van der Waals surface area (Å²) < 4.78 is 17.0. The first-order valence-electron chi connectivity index (χ1n) is 9.63. The van der Waals surface area contributed by atoms with E-state index in [2.05, 4.69) is 6.92 Å². The molecule has 1 unspecified atom stereocenters. The standard InChI is InChI=1S/C23H26O4/c1-3-5-6-14-21(23(24)25-4-2)27-19-12-9-11-17(15-19)22-20-13-8-7-10-18(20)16-26-22/h7-13,15-16,21H,3-6,14H2,1-2H3. The predicted octanol–water partition coefficient (Wildman–Crippen LogP) is 5.99. The van der Waals surface area contributed by atoms with E-state index < -0.39 is 6.10 Å². The van der Waals surface area contributed by atoms with Gasteiger partial charge >= 0.3 is 5.97 Å². The van der Waals surface area contributed by atoms with Crippen molar-refractivity contribution in [1.82, 2.24) is 0 Å². The lowest BCUT2D eigenvalue weighted by molar-refractivity contribution is -0.151. The average molecular weight is 366 g/mol. The normalized spacial score (nSPS) is 12.1. The topological polar surface area (TPSA) is 48.7 Å². The summed E-state index contributed by atoms with van der Waals surface area (Å²) in [6, 6.07) is 15.7. The monoisotopic (exact) mass is 366 g/mol. The van der Waals surface area contributed by atoms with Crippen molar-refractivity contribution in [3.05, 3.63) is 54.8 Å². The molecule has 0 fully saturated rings. The summed E-state index contributed by atoms with van der Waals surface area (Å²) in [5.74, 6) is 1.14. The van der Waals surface area contributed by atoms with Gasteiger partial charge in [0.1, 0.15) is 11.5 Å². The highest BCUT2D eigenvalue weighted by atomic mass is 16.6. The Morgan fingerprint density at radius 1 is 1.07 bits per heavy atom. The molecule has 3 aromatic rings. The fourth-order valence-corrected chi connectivity index (χ4v) is 3.13. The molecule has 0 N–H and O–H groups in total. The van der Waals surface area contributed by atoms with E-state index in [1.807, 2.05) is 55.5 Å². The van der Waals surface area contributed by atoms with Crippen LogP contribution in [0.5, 0.6) is 5.75 Å². The van der Waals surface area contributed by atoms with Gasteiger partial charge in [0.05, 0.1) is 12.9 Å². The van der Waals surface area contributed by atoms with Gasteiger partial charge in [0, 0.05) is 16.3 Å². The molecule has 4 nitrogen and oxygen atoms in total. The highest BCUT2D eigenvalue weighted by Gasteiger charge is 2.21. The Morgan fingerprint density at radius 3 is 2.74 bits per heavy atom. The van der Waals surface area contributed by atoms with Crippen molar-refractivity contribution >= 4 is 16.7 Å². The SMILES string of the molecule is CCCCCC(Oc1cccc(-c2occ3ccccc23)c1)C(=O)OCC. The maximum absolute atomic E-state index is 12.3. The number of fused-ring (bicyclic) bond motifs is 1. The Bertz CT molecular complexity index is 881. The second-order valence-corrected chi connectivity index (χ2v) is 6.53. The van der Waals surface area contributed by atoms with Crippen LogP contribution in [0.25, 0.3) is 22.1 Å². The minimum absolute atomic E-state index is 0.303. The third-order valence-electron chi connectivity index (χ3n) is 4.50. The van der Waals surface area contributed by atoms with Crippen molar-refractivity contribution in [2.24, 2.45) is 0 Å². The zero-order chi connectivity index (χ0) is 19.1. The molecule has 0 aliphatic carbocycles. The quantitative estimate of drug-likeness (QED) is 0.345. The van der Waals surface area contributed by atoms with E-state index in [9.17, 15) is 4.79 Å². The van der Waals surface area contributed by atoms with E-state index in [1.54, 1.807) is 6.26 Å². The Kier molecular flexibility index (Phi) is 6.53. The Hall–Kier alpha value is -2.75.